The number of benzene rings is 3. The molecule has 0 unspecified atom stereocenters. The molecule has 3 aromatic carbocycles. The van der Waals surface area contributed by atoms with Crippen molar-refractivity contribution in [3.63, 3.8) is 0 Å². The monoisotopic (exact) mass is 369 g/mol. The molecule has 4 heteroatoms. The summed E-state index contributed by atoms with van der Waals surface area (Å²) in [5.41, 5.74) is 3.48. The summed E-state index contributed by atoms with van der Waals surface area (Å²) in [6, 6.07) is 24.1. The average Bonchev–Trinajstić information content (AvgIpc) is 2.73. The summed E-state index contributed by atoms with van der Waals surface area (Å²) >= 11 is 0. The van der Waals surface area contributed by atoms with Crippen LogP contribution in [0.15, 0.2) is 72.8 Å². The number of esters is 1. The van der Waals surface area contributed by atoms with E-state index in [4.69, 9.17) is 9.47 Å². The number of carbonyl (C=O) groups is 1. The van der Waals surface area contributed by atoms with E-state index in [1.165, 1.54) is 7.11 Å². The number of carbonyl (C=O) groups excluding carboxylic acids is 1. The van der Waals surface area contributed by atoms with E-state index < -0.39 is 5.97 Å². The van der Waals surface area contributed by atoms with Gasteiger partial charge in [-0.25, -0.2) is 4.79 Å². The van der Waals surface area contributed by atoms with Crippen LogP contribution in [0.3, 0.4) is 0 Å². The fourth-order valence-corrected chi connectivity index (χ4v) is 2.78. The molecule has 0 bridgehead atoms. The van der Waals surface area contributed by atoms with Gasteiger partial charge >= 0.3 is 5.97 Å². The Morgan fingerprint density at radius 2 is 1.68 bits per heavy atom. The molecule has 0 aliphatic heterocycles. The van der Waals surface area contributed by atoms with Crippen LogP contribution in [0.2, 0.25) is 0 Å². The first-order valence-corrected chi connectivity index (χ1v) is 8.75. The lowest BCUT2D eigenvalue weighted by atomic mass is 10.0. The molecule has 3 rings (SSSR count). The molecule has 0 aromatic heterocycles. The molecule has 4 nitrogen and oxygen atoms in total. The first-order valence-electron chi connectivity index (χ1n) is 8.75. The molecule has 0 aliphatic rings. The maximum absolute atomic E-state index is 12.5. The Bertz CT molecular complexity index is 1060. The number of aryl methyl sites for hydroxylation is 1. The van der Waals surface area contributed by atoms with E-state index in [0.29, 0.717) is 22.6 Å². The summed E-state index contributed by atoms with van der Waals surface area (Å²) in [5.74, 6) is 0.300. The van der Waals surface area contributed by atoms with Gasteiger partial charge in [0.1, 0.15) is 0 Å². The van der Waals surface area contributed by atoms with Gasteiger partial charge in [0, 0.05) is 0 Å². The average molecular weight is 369 g/mol. The van der Waals surface area contributed by atoms with Crippen LogP contribution in [0, 0.1) is 18.3 Å². The molecular weight excluding hydrogens is 350 g/mol. The molecule has 0 saturated heterocycles. The largest absolute Gasteiger partial charge is 0.493 e. The van der Waals surface area contributed by atoms with Crippen LogP contribution in [0.1, 0.15) is 27.0 Å². The van der Waals surface area contributed by atoms with Crippen LogP contribution < -0.4 is 9.47 Å². The molecule has 0 heterocycles. The second-order valence-corrected chi connectivity index (χ2v) is 6.15. The Hall–Kier alpha value is -3.84. The molecule has 0 N–H and O–H groups in total. The van der Waals surface area contributed by atoms with Crippen molar-refractivity contribution in [3.8, 4) is 17.6 Å². The minimum absolute atomic E-state index is 0.325. The third-order valence-electron chi connectivity index (χ3n) is 4.27. The highest BCUT2D eigenvalue weighted by atomic mass is 16.6. The normalized spacial score (nSPS) is 10.8. The summed E-state index contributed by atoms with van der Waals surface area (Å²) in [5, 5.41) is 9.47. The van der Waals surface area contributed by atoms with Gasteiger partial charge in [0.2, 0.25) is 0 Å². The van der Waals surface area contributed by atoms with Gasteiger partial charge in [0.15, 0.2) is 11.5 Å². The van der Waals surface area contributed by atoms with Gasteiger partial charge in [-0.15, -0.1) is 0 Å². The zero-order chi connectivity index (χ0) is 19.9. The fraction of sp³-hybridized carbons (Fsp3) is 0.0833. The minimum atomic E-state index is -0.443. The summed E-state index contributed by atoms with van der Waals surface area (Å²) in [6.45, 7) is 1.86. The molecule has 0 spiro atoms. The quantitative estimate of drug-likeness (QED) is 0.265. The van der Waals surface area contributed by atoms with Crippen molar-refractivity contribution in [3.05, 3.63) is 95.1 Å². The van der Waals surface area contributed by atoms with Gasteiger partial charge < -0.3 is 9.47 Å². The maximum Gasteiger partial charge on any atom is 0.343 e. The highest BCUT2D eigenvalue weighted by molar-refractivity contribution is 5.93. The molecule has 28 heavy (non-hydrogen) atoms. The fourth-order valence-electron chi connectivity index (χ4n) is 2.78. The first kappa shape index (κ1) is 18.9. The van der Waals surface area contributed by atoms with Crippen molar-refractivity contribution < 1.29 is 14.3 Å². The molecular formula is C24H19NO3. The van der Waals surface area contributed by atoms with Gasteiger partial charge in [-0.3, -0.25) is 0 Å². The van der Waals surface area contributed by atoms with Crippen LogP contribution in [-0.4, -0.2) is 13.1 Å². The van der Waals surface area contributed by atoms with Crippen molar-refractivity contribution in [1.29, 1.82) is 5.26 Å². The Morgan fingerprint density at radius 1 is 0.964 bits per heavy atom. The second-order valence-electron chi connectivity index (χ2n) is 6.15. The molecule has 0 aliphatic carbocycles. The Morgan fingerprint density at radius 3 is 2.36 bits per heavy atom. The topological polar surface area (TPSA) is 59.3 Å². The summed E-state index contributed by atoms with van der Waals surface area (Å²) < 4.78 is 10.9. The first-order chi connectivity index (χ1) is 13.6. The van der Waals surface area contributed by atoms with Crippen LogP contribution in [0.5, 0.6) is 11.5 Å². The lowest BCUT2D eigenvalue weighted by molar-refractivity contribution is 0.0729. The van der Waals surface area contributed by atoms with E-state index in [1.54, 1.807) is 36.4 Å². The molecule has 0 saturated carbocycles. The SMILES string of the molecule is COc1cc(C=C(C#N)c2ccccc2)ccc1OC(=O)c1ccccc1C. The van der Waals surface area contributed by atoms with Gasteiger partial charge in [0.05, 0.1) is 24.3 Å². The van der Waals surface area contributed by atoms with Crippen LogP contribution >= 0.6 is 0 Å². The smallest absolute Gasteiger partial charge is 0.343 e. The van der Waals surface area contributed by atoms with Gasteiger partial charge in [-0.1, -0.05) is 54.6 Å². The minimum Gasteiger partial charge on any atom is -0.493 e. The Kier molecular flexibility index (Phi) is 5.88. The maximum atomic E-state index is 12.5. The zero-order valence-electron chi connectivity index (χ0n) is 15.7. The van der Waals surface area contributed by atoms with Gasteiger partial charge in [-0.05, 0) is 47.9 Å². The predicted molar refractivity (Wildman–Crippen MR) is 109 cm³/mol. The lowest BCUT2D eigenvalue weighted by Crippen LogP contribution is -2.10. The van der Waals surface area contributed by atoms with E-state index in [2.05, 4.69) is 6.07 Å². The Balaban J connectivity index is 1.89. The van der Waals surface area contributed by atoms with Crippen molar-refractivity contribution in [2.24, 2.45) is 0 Å². The van der Waals surface area contributed by atoms with E-state index in [0.717, 1.165) is 16.7 Å². The van der Waals surface area contributed by atoms with Crippen molar-refractivity contribution >= 4 is 17.6 Å². The highest BCUT2D eigenvalue weighted by Crippen LogP contribution is 2.30. The van der Waals surface area contributed by atoms with E-state index in [9.17, 15) is 10.1 Å². The molecule has 0 amide bonds. The highest BCUT2D eigenvalue weighted by Gasteiger charge is 2.14. The summed E-state index contributed by atoms with van der Waals surface area (Å²) in [6.07, 6.45) is 1.77. The summed E-state index contributed by atoms with van der Waals surface area (Å²) in [7, 11) is 1.51. The second kappa shape index (κ2) is 8.70. The molecule has 0 atom stereocenters. The summed E-state index contributed by atoms with van der Waals surface area (Å²) in [4.78, 5) is 12.5. The number of hydrogen-bond donors (Lipinski definition) is 0. The predicted octanol–water partition coefficient (Wildman–Crippen LogP) is 5.29. The van der Waals surface area contributed by atoms with Crippen LogP contribution in [-0.2, 0) is 0 Å². The molecule has 3 aromatic rings. The van der Waals surface area contributed by atoms with Crippen molar-refractivity contribution in [2.45, 2.75) is 6.92 Å². The number of nitrogens with zero attached hydrogens (tertiary/aromatic N) is 1. The van der Waals surface area contributed by atoms with Gasteiger partial charge in [-0.2, -0.15) is 5.26 Å². The third kappa shape index (κ3) is 4.28. The molecule has 0 fully saturated rings. The third-order valence-corrected chi connectivity index (χ3v) is 4.27. The molecule has 0 radical (unpaired) electrons. The number of hydrogen-bond acceptors (Lipinski definition) is 4. The van der Waals surface area contributed by atoms with Gasteiger partial charge in [0.25, 0.3) is 0 Å². The zero-order valence-corrected chi connectivity index (χ0v) is 15.7. The van der Waals surface area contributed by atoms with E-state index >= 15 is 0 Å². The van der Waals surface area contributed by atoms with Crippen molar-refractivity contribution in [2.75, 3.05) is 7.11 Å². The standard InChI is InChI=1S/C24H19NO3/c1-17-8-6-7-11-21(17)24(26)28-22-13-12-18(15-23(22)27-2)14-20(16-25)19-9-4-3-5-10-19/h3-15H,1-2H3. The molecule has 138 valence electrons. The number of ether oxygens (including phenoxy) is 2. The number of nitriles is 1. The van der Waals surface area contributed by atoms with Crippen LogP contribution in [0.25, 0.3) is 11.6 Å². The Labute approximate surface area is 164 Å². The van der Waals surface area contributed by atoms with E-state index in [-0.39, 0.29) is 0 Å². The van der Waals surface area contributed by atoms with E-state index in [1.807, 2.05) is 49.4 Å². The number of rotatable bonds is 5. The number of methoxy groups -OCH3 is 1. The van der Waals surface area contributed by atoms with Crippen LogP contribution in [0.4, 0.5) is 0 Å². The number of allylic oxidation sites excluding steroid dienone is 1. The lowest BCUT2D eigenvalue weighted by Gasteiger charge is -2.11. The van der Waals surface area contributed by atoms with Crippen molar-refractivity contribution in [1.82, 2.24) is 0 Å².